The smallest absolute Gasteiger partial charge is 0.261 e. The summed E-state index contributed by atoms with van der Waals surface area (Å²) in [5.74, 6) is 0.272. The van der Waals surface area contributed by atoms with Crippen molar-refractivity contribution in [1.82, 2.24) is 0 Å². The molecule has 0 aliphatic heterocycles. The van der Waals surface area contributed by atoms with E-state index in [-0.39, 0.29) is 10.8 Å². The first-order chi connectivity index (χ1) is 12.4. The first-order valence-electron chi connectivity index (χ1n) is 8.96. The first-order valence-corrected chi connectivity index (χ1v) is 10.9. The lowest BCUT2D eigenvalue weighted by Crippen LogP contribution is -2.66. The Morgan fingerprint density at radius 1 is 0.769 bits per heavy atom. The number of benzene rings is 3. The average molecular weight is 363 g/mol. The molecule has 0 atom stereocenters. The molecule has 3 aromatic rings. The Labute approximate surface area is 157 Å². The van der Waals surface area contributed by atoms with Gasteiger partial charge in [-0.1, -0.05) is 93.6 Å². The Morgan fingerprint density at radius 2 is 1.31 bits per heavy atom. The summed E-state index contributed by atoms with van der Waals surface area (Å²) in [6.07, 6.45) is 0. The van der Waals surface area contributed by atoms with Crippen LogP contribution in [-0.2, 0) is 11.0 Å². The van der Waals surface area contributed by atoms with Gasteiger partial charge in [0.25, 0.3) is 8.32 Å². The van der Waals surface area contributed by atoms with Crippen LogP contribution in [0.2, 0.25) is 5.04 Å². The van der Waals surface area contributed by atoms with Crippen molar-refractivity contribution in [2.75, 3.05) is 0 Å². The molecule has 134 valence electrons. The zero-order valence-electron chi connectivity index (χ0n) is 15.6. The number of rotatable bonds is 5. The Kier molecular flexibility index (Phi) is 5.30. The maximum Gasteiger partial charge on any atom is 0.261 e. The largest absolute Gasteiger partial charge is 0.508 e. The van der Waals surface area contributed by atoms with E-state index in [1.54, 1.807) is 12.1 Å². The molecular weight excluding hydrogens is 336 g/mol. The van der Waals surface area contributed by atoms with Crippen molar-refractivity contribution in [2.24, 2.45) is 0 Å². The van der Waals surface area contributed by atoms with E-state index in [9.17, 15) is 5.11 Å². The van der Waals surface area contributed by atoms with E-state index in [4.69, 9.17) is 4.43 Å². The third-order valence-corrected chi connectivity index (χ3v) is 9.77. The van der Waals surface area contributed by atoms with Crippen molar-refractivity contribution in [3.63, 3.8) is 0 Å². The quantitative estimate of drug-likeness (QED) is 0.679. The van der Waals surface area contributed by atoms with Gasteiger partial charge in [-0.2, -0.15) is 0 Å². The van der Waals surface area contributed by atoms with Gasteiger partial charge in [0, 0.05) is 0 Å². The second-order valence-electron chi connectivity index (χ2n) is 7.62. The van der Waals surface area contributed by atoms with Gasteiger partial charge < -0.3 is 9.53 Å². The molecule has 0 unspecified atom stereocenters. The summed E-state index contributed by atoms with van der Waals surface area (Å²) in [4.78, 5) is 0. The van der Waals surface area contributed by atoms with Gasteiger partial charge in [0.2, 0.25) is 0 Å². The summed E-state index contributed by atoms with van der Waals surface area (Å²) in [5.41, 5.74) is 0.984. The molecule has 2 nitrogen and oxygen atoms in total. The molecule has 0 fully saturated rings. The van der Waals surface area contributed by atoms with E-state index in [2.05, 4.69) is 69.3 Å². The van der Waals surface area contributed by atoms with Crippen LogP contribution >= 0.6 is 0 Å². The third kappa shape index (κ3) is 3.59. The van der Waals surface area contributed by atoms with Crippen molar-refractivity contribution in [1.29, 1.82) is 0 Å². The minimum atomic E-state index is -2.53. The molecule has 26 heavy (non-hydrogen) atoms. The lowest BCUT2D eigenvalue weighted by Gasteiger charge is -2.43. The predicted molar refractivity (Wildman–Crippen MR) is 111 cm³/mol. The van der Waals surface area contributed by atoms with Crippen molar-refractivity contribution in [2.45, 2.75) is 32.4 Å². The SMILES string of the molecule is CC(C)(C)[Si](OCc1cccc(O)c1)(c1ccccc1)c1ccccc1. The molecule has 0 aromatic heterocycles. The lowest BCUT2D eigenvalue weighted by atomic mass is 10.2. The van der Waals surface area contributed by atoms with E-state index in [1.165, 1.54) is 10.4 Å². The van der Waals surface area contributed by atoms with Crippen LogP contribution in [0, 0.1) is 0 Å². The number of hydrogen-bond donors (Lipinski definition) is 1. The Morgan fingerprint density at radius 3 is 1.77 bits per heavy atom. The molecule has 0 aliphatic carbocycles. The Bertz CT molecular complexity index is 799. The van der Waals surface area contributed by atoms with Crippen LogP contribution in [0.5, 0.6) is 5.75 Å². The third-order valence-electron chi connectivity index (χ3n) is 4.78. The van der Waals surface area contributed by atoms with Gasteiger partial charge >= 0.3 is 0 Å². The highest BCUT2D eigenvalue weighted by Gasteiger charge is 2.50. The molecule has 3 aromatic carbocycles. The molecule has 3 heteroatoms. The summed E-state index contributed by atoms with van der Waals surface area (Å²) < 4.78 is 6.84. The van der Waals surface area contributed by atoms with Gasteiger partial charge in [-0.05, 0) is 33.1 Å². The maximum absolute atomic E-state index is 9.79. The topological polar surface area (TPSA) is 29.5 Å². The summed E-state index contributed by atoms with van der Waals surface area (Å²) in [5, 5.41) is 12.3. The van der Waals surface area contributed by atoms with Gasteiger partial charge in [-0.15, -0.1) is 0 Å². The van der Waals surface area contributed by atoms with E-state index in [0.717, 1.165) is 5.56 Å². The average Bonchev–Trinajstić information content (AvgIpc) is 2.63. The number of aromatic hydroxyl groups is 1. The zero-order valence-corrected chi connectivity index (χ0v) is 16.6. The number of phenolic OH excluding ortho intramolecular Hbond substituents is 1. The fourth-order valence-corrected chi connectivity index (χ4v) is 8.14. The van der Waals surface area contributed by atoms with Crippen molar-refractivity contribution >= 4 is 18.7 Å². The van der Waals surface area contributed by atoms with Crippen molar-refractivity contribution < 1.29 is 9.53 Å². The molecule has 0 saturated carbocycles. The zero-order chi connectivity index (χ0) is 18.6. The van der Waals surface area contributed by atoms with Crippen LogP contribution in [0.15, 0.2) is 84.9 Å². The molecule has 0 heterocycles. The molecule has 0 radical (unpaired) electrons. The van der Waals surface area contributed by atoms with Crippen LogP contribution < -0.4 is 10.4 Å². The second kappa shape index (κ2) is 7.48. The second-order valence-corrected chi connectivity index (χ2v) is 11.9. The van der Waals surface area contributed by atoms with Crippen LogP contribution in [0.4, 0.5) is 0 Å². The first kappa shape index (κ1) is 18.4. The Hall–Kier alpha value is -2.36. The minimum Gasteiger partial charge on any atom is -0.508 e. The molecule has 0 saturated heterocycles. The van der Waals surface area contributed by atoms with Crippen LogP contribution in [0.1, 0.15) is 26.3 Å². The lowest BCUT2D eigenvalue weighted by molar-refractivity contribution is 0.285. The molecule has 0 amide bonds. The molecule has 0 spiro atoms. The summed E-state index contributed by atoms with van der Waals surface area (Å²) in [7, 11) is -2.53. The summed E-state index contributed by atoms with van der Waals surface area (Å²) in [6.45, 7) is 7.27. The van der Waals surface area contributed by atoms with Crippen LogP contribution in [0.3, 0.4) is 0 Å². The molecule has 1 N–H and O–H groups in total. The minimum absolute atomic E-state index is 0.0491. The van der Waals surface area contributed by atoms with E-state index in [0.29, 0.717) is 6.61 Å². The van der Waals surface area contributed by atoms with Gasteiger partial charge in [0.1, 0.15) is 5.75 Å². The maximum atomic E-state index is 9.79. The van der Waals surface area contributed by atoms with E-state index in [1.807, 2.05) is 24.3 Å². The highest BCUT2D eigenvalue weighted by Crippen LogP contribution is 2.37. The predicted octanol–water partition coefficient (Wildman–Crippen LogP) is 4.47. The summed E-state index contributed by atoms with van der Waals surface area (Å²) >= 11 is 0. The Balaban J connectivity index is 2.11. The highest BCUT2D eigenvalue weighted by molar-refractivity contribution is 6.99. The van der Waals surface area contributed by atoms with Gasteiger partial charge in [0.05, 0.1) is 6.61 Å². The van der Waals surface area contributed by atoms with Gasteiger partial charge in [0.15, 0.2) is 0 Å². The van der Waals surface area contributed by atoms with Gasteiger partial charge in [-0.25, -0.2) is 0 Å². The van der Waals surface area contributed by atoms with E-state index >= 15 is 0 Å². The molecule has 3 rings (SSSR count). The fraction of sp³-hybridized carbons (Fsp3) is 0.217. The fourth-order valence-electron chi connectivity index (χ4n) is 3.60. The number of hydrogen-bond acceptors (Lipinski definition) is 2. The highest BCUT2D eigenvalue weighted by atomic mass is 28.4. The van der Waals surface area contributed by atoms with Crippen molar-refractivity contribution in [3.05, 3.63) is 90.5 Å². The molecule has 0 bridgehead atoms. The molecular formula is C23H26O2Si. The van der Waals surface area contributed by atoms with Crippen LogP contribution in [0.25, 0.3) is 0 Å². The standard InChI is InChI=1S/C23H26O2Si/c1-23(2,3)26(21-13-6-4-7-14-21,22-15-8-5-9-16-22)25-18-19-11-10-12-20(24)17-19/h4-17,24H,18H2,1-3H3. The normalized spacial score (nSPS) is 12.1. The molecule has 0 aliphatic rings. The van der Waals surface area contributed by atoms with Crippen molar-refractivity contribution in [3.8, 4) is 5.75 Å². The number of phenols is 1. The monoisotopic (exact) mass is 362 g/mol. The van der Waals surface area contributed by atoms with Gasteiger partial charge in [-0.3, -0.25) is 0 Å². The van der Waals surface area contributed by atoms with Crippen LogP contribution in [-0.4, -0.2) is 13.4 Å². The summed E-state index contributed by atoms with van der Waals surface area (Å²) in [6, 6.07) is 28.5. The van der Waals surface area contributed by atoms with E-state index < -0.39 is 8.32 Å².